The Hall–Kier alpha value is -1.11. The lowest BCUT2D eigenvalue weighted by atomic mass is 10.2. The van der Waals surface area contributed by atoms with Gasteiger partial charge in [-0.25, -0.2) is 13.1 Å². The second-order valence-electron chi connectivity index (χ2n) is 4.22. The van der Waals surface area contributed by atoms with Crippen molar-refractivity contribution in [3.05, 3.63) is 23.8 Å². The van der Waals surface area contributed by atoms with E-state index in [-0.39, 0.29) is 17.2 Å². The molecule has 0 aliphatic carbocycles. The van der Waals surface area contributed by atoms with Gasteiger partial charge in [-0.15, -0.1) is 0 Å². The van der Waals surface area contributed by atoms with Crippen molar-refractivity contribution in [2.24, 2.45) is 0 Å². The lowest BCUT2D eigenvalue weighted by Crippen LogP contribution is -2.25. The van der Waals surface area contributed by atoms with Gasteiger partial charge in [0.2, 0.25) is 10.0 Å². The number of unbranched alkanes of at least 4 members (excludes halogenated alkanes) is 2. The van der Waals surface area contributed by atoms with E-state index >= 15 is 0 Å². The van der Waals surface area contributed by atoms with Crippen LogP contribution < -0.4 is 10.5 Å². The van der Waals surface area contributed by atoms with Crippen LogP contribution in [0, 0.1) is 6.92 Å². The van der Waals surface area contributed by atoms with E-state index in [9.17, 15) is 8.42 Å². The summed E-state index contributed by atoms with van der Waals surface area (Å²) in [5, 5.41) is 8.61. The fourth-order valence-electron chi connectivity index (χ4n) is 1.61. The Morgan fingerprint density at radius 1 is 1.28 bits per heavy atom. The zero-order valence-electron chi connectivity index (χ0n) is 10.5. The molecule has 1 rings (SSSR count). The van der Waals surface area contributed by atoms with Crippen molar-refractivity contribution in [3.63, 3.8) is 0 Å². The van der Waals surface area contributed by atoms with Gasteiger partial charge in [-0.1, -0.05) is 6.07 Å². The van der Waals surface area contributed by atoms with Crippen LogP contribution in [-0.4, -0.2) is 26.7 Å². The molecule has 0 atom stereocenters. The summed E-state index contributed by atoms with van der Waals surface area (Å²) in [7, 11) is -3.53. The van der Waals surface area contributed by atoms with E-state index in [2.05, 4.69) is 4.72 Å². The molecule has 0 aliphatic rings. The van der Waals surface area contributed by atoms with Crippen LogP contribution in [-0.2, 0) is 10.0 Å². The Bertz CT molecular complexity index is 486. The minimum absolute atomic E-state index is 0.121. The van der Waals surface area contributed by atoms with Gasteiger partial charge < -0.3 is 10.8 Å². The summed E-state index contributed by atoms with van der Waals surface area (Å²) in [6.07, 6.45) is 2.18. The maximum Gasteiger partial charge on any atom is 0.242 e. The molecule has 0 radical (unpaired) electrons. The average molecular weight is 272 g/mol. The standard InChI is InChI=1S/C12H20N2O3S/c1-10-5-6-12(11(13)9-10)18(16,17)14-7-3-2-4-8-15/h5-6,9,14-15H,2-4,7-8,13H2,1H3. The largest absolute Gasteiger partial charge is 0.398 e. The van der Waals surface area contributed by atoms with Crippen LogP contribution in [0.2, 0.25) is 0 Å². The topological polar surface area (TPSA) is 92.4 Å². The highest BCUT2D eigenvalue weighted by atomic mass is 32.2. The second-order valence-corrected chi connectivity index (χ2v) is 5.96. The first kappa shape index (κ1) is 14.9. The minimum Gasteiger partial charge on any atom is -0.398 e. The normalized spacial score (nSPS) is 11.7. The van der Waals surface area contributed by atoms with Crippen molar-refractivity contribution in [2.75, 3.05) is 18.9 Å². The molecule has 0 saturated heterocycles. The van der Waals surface area contributed by atoms with Gasteiger partial charge in [0.15, 0.2) is 0 Å². The molecule has 6 heteroatoms. The summed E-state index contributed by atoms with van der Waals surface area (Å²) in [6.45, 7) is 2.35. The molecule has 4 N–H and O–H groups in total. The quantitative estimate of drug-likeness (QED) is 0.510. The van der Waals surface area contributed by atoms with Crippen molar-refractivity contribution in [2.45, 2.75) is 31.1 Å². The van der Waals surface area contributed by atoms with Crippen molar-refractivity contribution in [1.82, 2.24) is 4.72 Å². The van der Waals surface area contributed by atoms with Crippen LogP contribution >= 0.6 is 0 Å². The monoisotopic (exact) mass is 272 g/mol. The van der Waals surface area contributed by atoms with E-state index in [1.165, 1.54) is 6.07 Å². The third-order valence-electron chi connectivity index (χ3n) is 2.58. The first-order valence-electron chi connectivity index (χ1n) is 5.94. The third kappa shape index (κ3) is 4.29. The van der Waals surface area contributed by atoms with Gasteiger partial charge in [0.1, 0.15) is 4.90 Å². The van der Waals surface area contributed by atoms with E-state index in [1.54, 1.807) is 12.1 Å². The molecular formula is C12H20N2O3S. The van der Waals surface area contributed by atoms with E-state index in [4.69, 9.17) is 10.8 Å². The molecule has 102 valence electrons. The molecule has 0 fully saturated rings. The number of anilines is 1. The number of nitrogens with one attached hydrogen (secondary N) is 1. The number of aliphatic hydroxyl groups excluding tert-OH is 1. The Kier molecular flexibility index (Phi) is 5.58. The fourth-order valence-corrected chi connectivity index (χ4v) is 2.80. The third-order valence-corrected chi connectivity index (χ3v) is 4.12. The van der Waals surface area contributed by atoms with Gasteiger partial charge in [0.05, 0.1) is 5.69 Å². The van der Waals surface area contributed by atoms with Crippen molar-refractivity contribution in [1.29, 1.82) is 0 Å². The maximum atomic E-state index is 12.0. The number of hydrogen-bond acceptors (Lipinski definition) is 4. The van der Waals surface area contributed by atoms with Crippen molar-refractivity contribution in [3.8, 4) is 0 Å². The van der Waals surface area contributed by atoms with E-state index in [1.807, 2.05) is 6.92 Å². The molecule has 0 aromatic heterocycles. The van der Waals surface area contributed by atoms with Crippen LogP contribution in [0.25, 0.3) is 0 Å². The maximum absolute atomic E-state index is 12.0. The fraction of sp³-hybridized carbons (Fsp3) is 0.500. The highest BCUT2D eigenvalue weighted by Gasteiger charge is 2.16. The lowest BCUT2D eigenvalue weighted by Gasteiger charge is -2.09. The number of nitrogens with two attached hydrogens (primary N) is 1. The van der Waals surface area contributed by atoms with E-state index in [0.717, 1.165) is 12.0 Å². The van der Waals surface area contributed by atoms with Gasteiger partial charge in [-0.3, -0.25) is 0 Å². The molecule has 18 heavy (non-hydrogen) atoms. The zero-order chi connectivity index (χ0) is 13.6. The summed E-state index contributed by atoms with van der Waals surface area (Å²) < 4.78 is 26.4. The molecule has 0 amide bonds. The van der Waals surface area contributed by atoms with Crippen LogP contribution in [0.3, 0.4) is 0 Å². The van der Waals surface area contributed by atoms with E-state index in [0.29, 0.717) is 19.4 Å². The highest BCUT2D eigenvalue weighted by Crippen LogP contribution is 2.19. The number of rotatable bonds is 7. The lowest BCUT2D eigenvalue weighted by molar-refractivity contribution is 0.283. The summed E-state index contributed by atoms with van der Waals surface area (Å²) in [4.78, 5) is 0.121. The smallest absolute Gasteiger partial charge is 0.242 e. The predicted octanol–water partition coefficient (Wildman–Crippen LogP) is 1.02. The number of nitrogen functional groups attached to an aromatic ring is 1. The molecule has 0 aliphatic heterocycles. The first-order chi connectivity index (χ1) is 8.47. The summed E-state index contributed by atoms with van der Waals surface area (Å²) in [5.41, 5.74) is 6.89. The van der Waals surface area contributed by atoms with Crippen LogP contribution in [0.15, 0.2) is 23.1 Å². The number of benzene rings is 1. The predicted molar refractivity (Wildman–Crippen MR) is 71.7 cm³/mol. The van der Waals surface area contributed by atoms with Crippen molar-refractivity contribution >= 4 is 15.7 Å². The minimum atomic E-state index is -3.53. The molecule has 1 aromatic carbocycles. The molecule has 5 nitrogen and oxygen atoms in total. The van der Waals surface area contributed by atoms with Gasteiger partial charge in [-0.05, 0) is 43.9 Å². The van der Waals surface area contributed by atoms with Gasteiger partial charge >= 0.3 is 0 Å². The highest BCUT2D eigenvalue weighted by molar-refractivity contribution is 7.89. The molecule has 0 bridgehead atoms. The molecule has 0 saturated carbocycles. The molecule has 1 aromatic rings. The second kappa shape index (κ2) is 6.72. The Morgan fingerprint density at radius 2 is 2.00 bits per heavy atom. The molecular weight excluding hydrogens is 252 g/mol. The van der Waals surface area contributed by atoms with Crippen LogP contribution in [0.5, 0.6) is 0 Å². The van der Waals surface area contributed by atoms with Crippen LogP contribution in [0.1, 0.15) is 24.8 Å². The number of hydrogen-bond donors (Lipinski definition) is 3. The summed E-state index contributed by atoms with van der Waals surface area (Å²) in [6, 6.07) is 4.87. The zero-order valence-corrected chi connectivity index (χ0v) is 11.3. The molecule has 0 heterocycles. The Labute approximate surface area is 108 Å². The number of sulfonamides is 1. The van der Waals surface area contributed by atoms with Crippen LogP contribution in [0.4, 0.5) is 5.69 Å². The van der Waals surface area contributed by atoms with E-state index < -0.39 is 10.0 Å². The van der Waals surface area contributed by atoms with Gasteiger partial charge in [0, 0.05) is 13.2 Å². The molecule has 0 spiro atoms. The summed E-state index contributed by atoms with van der Waals surface area (Å²) in [5.74, 6) is 0. The number of aliphatic hydroxyl groups is 1. The summed E-state index contributed by atoms with van der Waals surface area (Å²) >= 11 is 0. The number of aryl methyl sites for hydroxylation is 1. The Morgan fingerprint density at radius 3 is 2.61 bits per heavy atom. The SMILES string of the molecule is Cc1ccc(S(=O)(=O)NCCCCCO)c(N)c1. The van der Waals surface area contributed by atoms with Crippen molar-refractivity contribution < 1.29 is 13.5 Å². The molecule has 0 unspecified atom stereocenters. The Balaban J connectivity index is 2.63. The average Bonchev–Trinajstić information content (AvgIpc) is 2.28. The van der Waals surface area contributed by atoms with Gasteiger partial charge in [0.25, 0.3) is 0 Å². The van der Waals surface area contributed by atoms with Gasteiger partial charge in [-0.2, -0.15) is 0 Å². The first-order valence-corrected chi connectivity index (χ1v) is 7.42.